The standard InChI is InChI=1S/C28H30N4O7S.C4H4O4/c1-30(2)26(34)24-15-18(33)17-31(24)28(21-11-8-14-29-25(21)39-4)22-16-19(38-3)12-13-23(22)32(27(28)35)40(36,37)20-9-6-5-7-10-20;5-3(6)1-2-4(7)8/h5-14,16,18,24,33H,15,17H2,1-4H3;1-2H,(H,5,6)(H,7,8)/b;2-1+/t18-,24+,28?;/m1./s1. The third-order valence-corrected chi connectivity index (χ3v) is 9.46. The van der Waals surface area contributed by atoms with Crippen LogP contribution >= 0.6 is 0 Å². The normalized spacial score (nSPS) is 20.5. The largest absolute Gasteiger partial charge is 0.497 e. The van der Waals surface area contributed by atoms with Gasteiger partial charge in [-0.25, -0.2) is 27.3 Å². The van der Waals surface area contributed by atoms with Crippen molar-refractivity contribution < 1.29 is 52.4 Å². The number of carbonyl (C=O) groups excluding carboxylic acids is 2. The number of carboxylic acid groups (broad SMARTS) is 2. The van der Waals surface area contributed by atoms with E-state index in [-0.39, 0.29) is 46.5 Å². The fraction of sp³-hybridized carbons (Fsp3) is 0.281. The molecule has 0 bridgehead atoms. The molecule has 0 saturated carbocycles. The number of anilines is 1. The summed E-state index contributed by atoms with van der Waals surface area (Å²) in [6.07, 6.45) is 1.68. The molecule has 16 heteroatoms. The molecule has 0 spiro atoms. The lowest BCUT2D eigenvalue weighted by molar-refractivity contribution is -0.138. The number of rotatable bonds is 9. The Morgan fingerprint density at radius 2 is 1.60 bits per heavy atom. The average molecular weight is 683 g/mol. The number of carbonyl (C=O) groups is 4. The maximum absolute atomic E-state index is 15.0. The number of carboxylic acids is 2. The summed E-state index contributed by atoms with van der Waals surface area (Å²) < 4.78 is 40.1. The molecule has 3 N–H and O–H groups in total. The van der Waals surface area contributed by atoms with E-state index in [4.69, 9.17) is 19.7 Å². The number of nitrogens with zero attached hydrogens (tertiary/aromatic N) is 4. The van der Waals surface area contributed by atoms with Crippen LogP contribution in [0.25, 0.3) is 0 Å². The summed E-state index contributed by atoms with van der Waals surface area (Å²) in [5.74, 6) is -3.27. The zero-order chi connectivity index (χ0) is 35.4. The first-order valence-corrected chi connectivity index (χ1v) is 15.8. The van der Waals surface area contributed by atoms with Crippen molar-refractivity contribution in [2.45, 2.75) is 29.0 Å². The fourth-order valence-electron chi connectivity index (χ4n) is 5.80. The number of sulfonamides is 1. The van der Waals surface area contributed by atoms with Gasteiger partial charge in [0.15, 0.2) is 5.54 Å². The molecule has 1 unspecified atom stereocenters. The molecule has 254 valence electrons. The van der Waals surface area contributed by atoms with Gasteiger partial charge < -0.3 is 29.7 Å². The number of aliphatic carboxylic acids is 2. The van der Waals surface area contributed by atoms with Crippen molar-refractivity contribution in [3.8, 4) is 11.6 Å². The minimum absolute atomic E-state index is 0.0410. The first-order valence-electron chi connectivity index (χ1n) is 14.3. The van der Waals surface area contributed by atoms with Gasteiger partial charge in [-0.1, -0.05) is 18.2 Å². The number of aliphatic hydroxyl groups is 1. The first-order chi connectivity index (χ1) is 22.7. The number of hydrogen-bond acceptors (Lipinski definition) is 11. The van der Waals surface area contributed by atoms with Crippen LogP contribution in [-0.4, -0.2) is 109 Å². The van der Waals surface area contributed by atoms with Crippen LogP contribution in [0.4, 0.5) is 5.69 Å². The number of benzene rings is 2. The number of fused-ring (bicyclic) bond motifs is 1. The zero-order valence-corrected chi connectivity index (χ0v) is 27.2. The third-order valence-electron chi connectivity index (χ3n) is 7.75. The van der Waals surface area contributed by atoms with Gasteiger partial charge in [0.25, 0.3) is 15.9 Å². The lowest BCUT2D eigenvalue weighted by Gasteiger charge is -2.41. The number of likely N-dealkylation sites (N-methyl/N-ethyl adjacent to an activating group) is 1. The van der Waals surface area contributed by atoms with Gasteiger partial charge in [-0.05, 0) is 48.9 Å². The molecule has 0 radical (unpaired) electrons. The molecule has 15 nitrogen and oxygen atoms in total. The van der Waals surface area contributed by atoms with Gasteiger partial charge in [-0.2, -0.15) is 0 Å². The van der Waals surface area contributed by atoms with Crippen LogP contribution in [0.3, 0.4) is 0 Å². The van der Waals surface area contributed by atoms with Crippen LogP contribution in [-0.2, 0) is 34.7 Å². The highest BCUT2D eigenvalue weighted by atomic mass is 32.2. The Morgan fingerprint density at radius 3 is 2.17 bits per heavy atom. The zero-order valence-electron chi connectivity index (χ0n) is 26.4. The SMILES string of the molecule is COc1ccc2c(c1)C(c1cccnc1OC)(N1C[C@H](O)C[C@H]1C(=O)N(C)C)C(=O)N2S(=O)(=O)c1ccccc1.O=C(O)/C=C/C(=O)O. The summed E-state index contributed by atoms with van der Waals surface area (Å²) in [6, 6.07) is 14.6. The molecule has 5 rings (SSSR count). The van der Waals surface area contributed by atoms with E-state index in [1.807, 2.05) is 0 Å². The lowest BCUT2D eigenvalue weighted by atomic mass is 9.81. The lowest BCUT2D eigenvalue weighted by Crippen LogP contribution is -2.59. The van der Waals surface area contributed by atoms with Crippen molar-refractivity contribution in [3.05, 3.63) is 90.1 Å². The minimum atomic E-state index is -4.42. The maximum atomic E-state index is 15.0. The number of likely N-dealkylation sites (tertiary alicyclic amines) is 1. The number of hydrogen-bond donors (Lipinski definition) is 3. The van der Waals surface area contributed by atoms with Crippen molar-refractivity contribution in [2.75, 3.05) is 39.2 Å². The van der Waals surface area contributed by atoms with Gasteiger partial charge in [0.2, 0.25) is 11.8 Å². The number of amides is 2. The molecule has 2 amide bonds. The van der Waals surface area contributed by atoms with Crippen LogP contribution in [0, 0.1) is 0 Å². The molecule has 1 saturated heterocycles. The summed E-state index contributed by atoms with van der Waals surface area (Å²) in [4.78, 5) is 54.8. The fourth-order valence-corrected chi connectivity index (χ4v) is 7.28. The smallest absolute Gasteiger partial charge is 0.328 e. The Balaban J connectivity index is 0.000000579. The molecule has 0 aliphatic carbocycles. The maximum Gasteiger partial charge on any atom is 0.328 e. The molecule has 2 aliphatic rings. The van der Waals surface area contributed by atoms with E-state index < -0.39 is 45.6 Å². The van der Waals surface area contributed by atoms with Gasteiger partial charge >= 0.3 is 11.9 Å². The number of ether oxygens (including phenoxy) is 2. The molecule has 2 aliphatic heterocycles. The molecule has 1 aromatic heterocycles. The van der Waals surface area contributed by atoms with Crippen LogP contribution in [0.1, 0.15) is 17.5 Å². The van der Waals surface area contributed by atoms with Gasteiger partial charge in [-0.3, -0.25) is 14.5 Å². The second-order valence-corrected chi connectivity index (χ2v) is 12.6. The number of β-amino-alcohol motifs (C(OH)–C–C–N with tert-alkyl or cyclic N) is 1. The highest BCUT2D eigenvalue weighted by Gasteiger charge is 2.64. The summed E-state index contributed by atoms with van der Waals surface area (Å²) in [7, 11) is 1.61. The monoisotopic (exact) mass is 682 g/mol. The number of aromatic nitrogens is 1. The highest BCUT2D eigenvalue weighted by Crippen LogP contribution is 2.54. The second-order valence-electron chi connectivity index (χ2n) is 10.8. The topological polar surface area (TPSA) is 204 Å². The average Bonchev–Trinajstić information content (AvgIpc) is 3.58. The van der Waals surface area contributed by atoms with E-state index in [0.717, 1.165) is 4.31 Å². The van der Waals surface area contributed by atoms with Crippen molar-refractivity contribution in [3.63, 3.8) is 0 Å². The van der Waals surface area contributed by atoms with E-state index >= 15 is 0 Å². The van der Waals surface area contributed by atoms with Crippen molar-refractivity contribution in [1.29, 1.82) is 0 Å². The Bertz CT molecular complexity index is 1830. The Morgan fingerprint density at radius 1 is 0.958 bits per heavy atom. The molecule has 48 heavy (non-hydrogen) atoms. The van der Waals surface area contributed by atoms with Crippen molar-refractivity contribution >= 4 is 39.5 Å². The number of aliphatic hydroxyl groups excluding tert-OH is 1. The van der Waals surface area contributed by atoms with Crippen LogP contribution < -0.4 is 13.8 Å². The molecule has 2 aromatic carbocycles. The summed E-state index contributed by atoms with van der Waals surface area (Å²) in [6.45, 7) is -0.0933. The predicted molar refractivity (Wildman–Crippen MR) is 170 cm³/mol. The van der Waals surface area contributed by atoms with E-state index in [9.17, 15) is 32.7 Å². The molecule has 1 fully saturated rings. The number of methoxy groups -OCH3 is 2. The quantitative estimate of drug-likeness (QED) is 0.273. The highest BCUT2D eigenvalue weighted by molar-refractivity contribution is 7.93. The molecule has 3 atom stereocenters. The van der Waals surface area contributed by atoms with E-state index in [1.165, 1.54) is 43.5 Å². The first kappa shape index (κ1) is 35.5. The van der Waals surface area contributed by atoms with Gasteiger partial charge in [0.05, 0.1) is 36.9 Å². The van der Waals surface area contributed by atoms with Gasteiger partial charge in [-0.15, -0.1) is 0 Å². The number of pyridine rings is 1. The van der Waals surface area contributed by atoms with Gasteiger partial charge in [0.1, 0.15) is 5.75 Å². The molecule has 3 heterocycles. The second kappa shape index (κ2) is 14.2. The van der Waals surface area contributed by atoms with Crippen LogP contribution in [0.2, 0.25) is 0 Å². The Labute approximate surface area is 276 Å². The molecular weight excluding hydrogens is 648 g/mol. The summed E-state index contributed by atoms with van der Waals surface area (Å²) in [5, 5.41) is 26.5. The molecular formula is C32H34N4O11S. The third kappa shape index (κ3) is 6.45. The minimum Gasteiger partial charge on any atom is -0.497 e. The van der Waals surface area contributed by atoms with Crippen LogP contribution in [0.5, 0.6) is 11.6 Å². The summed E-state index contributed by atoms with van der Waals surface area (Å²) >= 11 is 0. The van der Waals surface area contributed by atoms with E-state index in [2.05, 4.69) is 4.98 Å². The Hall–Kier alpha value is -5.32. The van der Waals surface area contributed by atoms with Crippen molar-refractivity contribution in [2.24, 2.45) is 0 Å². The summed E-state index contributed by atoms with van der Waals surface area (Å²) in [5.41, 5.74) is -1.33. The Kier molecular flexibility index (Phi) is 10.5. The van der Waals surface area contributed by atoms with E-state index in [0.29, 0.717) is 17.9 Å². The predicted octanol–water partition coefficient (Wildman–Crippen LogP) is 1.31. The van der Waals surface area contributed by atoms with Crippen molar-refractivity contribution in [1.82, 2.24) is 14.8 Å². The molecule has 3 aromatic rings. The van der Waals surface area contributed by atoms with Crippen LogP contribution in [0.15, 0.2) is 83.9 Å². The van der Waals surface area contributed by atoms with E-state index in [1.54, 1.807) is 61.5 Å². The van der Waals surface area contributed by atoms with Gasteiger partial charge in [0, 0.05) is 50.1 Å².